The average molecular weight is 318 g/mol. The Morgan fingerprint density at radius 2 is 1.63 bits per heavy atom. The highest BCUT2D eigenvalue weighted by atomic mass is 35.5. The maximum absolute atomic E-state index is 13.1. The molecule has 0 saturated carbocycles. The number of hydrogen-bond donors (Lipinski definition) is 1. The Balaban J connectivity index is 0.00000162. The molecular formula is C11H16Cl2F3N3. The van der Waals surface area contributed by atoms with Gasteiger partial charge in [0.25, 0.3) is 0 Å². The second-order valence-corrected chi connectivity index (χ2v) is 4.01. The van der Waals surface area contributed by atoms with Crippen LogP contribution in [0.5, 0.6) is 0 Å². The molecule has 0 spiro atoms. The van der Waals surface area contributed by atoms with E-state index in [2.05, 4.69) is 10.3 Å². The average Bonchev–Trinajstić information content (AvgIpc) is 2.30. The molecule has 1 N–H and O–H groups in total. The van der Waals surface area contributed by atoms with Crippen molar-refractivity contribution in [1.82, 2.24) is 15.2 Å². The van der Waals surface area contributed by atoms with E-state index in [4.69, 9.17) is 0 Å². The summed E-state index contributed by atoms with van der Waals surface area (Å²) in [5, 5.41) is 3.05. The highest BCUT2D eigenvalue weighted by molar-refractivity contribution is 5.85. The SMILES string of the molecule is Cl.Cl.FC(F)(F)[C@H](c1ccncc1)N1CCNCC1. The van der Waals surface area contributed by atoms with Crippen LogP contribution in [0, 0.1) is 0 Å². The summed E-state index contributed by atoms with van der Waals surface area (Å²) >= 11 is 0. The molecule has 3 nitrogen and oxygen atoms in total. The van der Waals surface area contributed by atoms with E-state index in [1.54, 1.807) is 0 Å². The standard InChI is InChI=1S/C11H14F3N3.2ClH/c12-11(13,14)10(9-1-3-15-4-2-9)17-7-5-16-6-8-17;;/h1-4,10,16H,5-8H2;2*1H/t10-;;/m0../s1. The van der Waals surface area contributed by atoms with Crippen molar-refractivity contribution in [3.05, 3.63) is 30.1 Å². The summed E-state index contributed by atoms with van der Waals surface area (Å²) in [6.45, 7) is 2.01. The molecule has 1 atom stereocenters. The Morgan fingerprint density at radius 3 is 2.11 bits per heavy atom. The van der Waals surface area contributed by atoms with Gasteiger partial charge in [0.1, 0.15) is 6.04 Å². The summed E-state index contributed by atoms with van der Waals surface area (Å²) in [7, 11) is 0. The monoisotopic (exact) mass is 317 g/mol. The number of nitrogens with one attached hydrogen (secondary N) is 1. The first kappa shape index (κ1) is 18.4. The largest absolute Gasteiger partial charge is 0.408 e. The van der Waals surface area contributed by atoms with Crippen LogP contribution >= 0.6 is 24.8 Å². The second-order valence-electron chi connectivity index (χ2n) is 4.01. The van der Waals surface area contributed by atoms with Crippen LogP contribution in [0.15, 0.2) is 24.5 Å². The smallest absolute Gasteiger partial charge is 0.314 e. The third kappa shape index (κ3) is 4.80. The van der Waals surface area contributed by atoms with Crippen molar-refractivity contribution < 1.29 is 13.2 Å². The molecule has 1 aromatic rings. The Morgan fingerprint density at radius 1 is 1.11 bits per heavy atom. The number of halogens is 5. The minimum Gasteiger partial charge on any atom is -0.314 e. The molecule has 1 saturated heterocycles. The van der Waals surface area contributed by atoms with Gasteiger partial charge in [-0.25, -0.2) is 0 Å². The molecule has 0 aromatic carbocycles. The molecule has 0 unspecified atom stereocenters. The van der Waals surface area contributed by atoms with Crippen molar-refractivity contribution in [1.29, 1.82) is 0 Å². The number of pyridine rings is 1. The third-order valence-electron chi connectivity index (χ3n) is 2.85. The van der Waals surface area contributed by atoms with Gasteiger partial charge in [-0.3, -0.25) is 9.88 Å². The van der Waals surface area contributed by atoms with Crippen LogP contribution in [0.25, 0.3) is 0 Å². The fourth-order valence-corrected chi connectivity index (χ4v) is 2.09. The van der Waals surface area contributed by atoms with Gasteiger partial charge in [-0.1, -0.05) is 0 Å². The van der Waals surface area contributed by atoms with Crippen LogP contribution < -0.4 is 5.32 Å². The van der Waals surface area contributed by atoms with E-state index in [1.807, 2.05) is 0 Å². The van der Waals surface area contributed by atoms with Crippen molar-refractivity contribution >= 4 is 24.8 Å². The first-order valence-electron chi connectivity index (χ1n) is 5.50. The molecule has 110 valence electrons. The van der Waals surface area contributed by atoms with E-state index in [0.717, 1.165) is 0 Å². The molecule has 1 aliphatic heterocycles. The lowest BCUT2D eigenvalue weighted by Crippen LogP contribution is -2.49. The maximum atomic E-state index is 13.1. The van der Waals surface area contributed by atoms with Crippen molar-refractivity contribution in [3.63, 3.8) is 0 Å². The summed E-state index contributed by atoms with van der Waals surface area (Å²) in [5.41, 5.74) is 0.259. The topological polar surface area (TPSA) is 28.2 Å². The zero-order valence-electron chi connectivity index (χ0n) is 10.1. The van der Waals surface area contributed by atoms with Crippen molar-refractivity contribution in [2.45, 2.75) is 12.2 Å². The van der Waals surface area contributed by atoms with Crippen LogP contribution in [-0.4, -0.2) is 42.2 Å². The molecule has 8 heteroatoms. The van der Waals surface area contributed by atoms with E-state index >= 15 is 0 Å². The number of alkyl halides is 3. The van der Waals surface area contributed by atoms with Crippen LogP contribution in [0.2, 0.25) is 0 Å². The van der Waals surface area contributed by atoms with Crippen molar-refractivity contribution in [3.8, 4) is 0 Å². The maximum Gasteiger partial charge on any atom is 0.408 e. The number of rotatable bonds is 2. The lowest BCUT2D eigenvalue weighted by atomic mass is 10.1. The summed E-state index contributed by atoms with van der Waals surface area (Å²) in [4.78, 5) is 5.22. The van der Waals surface area contributed by atoms with Crippen molar-refractivity contribution in [2.24, 2.45) is 0 Å². The fraction of sp³-hybridized carbons (Fsp3) is 0.545. The quantitative estimate of drug-likeness (QED) is 0.908. The lowest BCUT2D eigenvalue weighted by Gasteiger charge is -2.36. The Hall–Kier alpha value is -0.560. The Kier molecular flexibility index (Phi) is 7.66. The summed E-state index contributed by atoms with van der Waals surface area (Å²) < 4.78 is 39.3. The fourth-order valence-electron chi connectivity index (χ4n) is 2.09. The normalized spacial score (nSPS) is 18.1. The number of aromatic nitrogens is 1. The highest BCUT2D eigenvalue weighted by Gasteiger charge is 2.44. The van der Waals surface area contributed by atoms with Crippen LogP contribution in [0.1, 0.15) is 11.6 Å². The highest BCUT2D eigenvalue weighted by Crippen LogP contribution is 2.37. The van der Waals surface area contributed by atoms with E-state index in [9.17, 15) is 13.2 Å². The van der Waals surface area contributed by atoms with Gasteiger partial charge in [0.2, 0.25) is 0 Å². The molecule has 0 amide bonds. The lowest BCUT2D eigenvalue weighted by molar-refractivity contribution is -0.187. The van der Waals surface area contributed by atoms with Crippen molar-refractivity contribution in [2.75, 3.05) is 26.2 Å². The zero-order valence-corrected chi connectivity index (χ0v) is 11.7. The molecule has 1 aromatic heterocycles. The van der Waals surface area contributed by atoms with Gasteiger partial charge >= 0.3 is 6.18 Å². The summed E-state index contributed by atoms with van der Waals surface area (Å²) in [6.07, 6.45) is -1.45. The molecule has 0 radical (unpaired) electrons. The van der Waals surface area contributed by atoms with Gasteiger partial charge in [0.05, 0.1) is 0 Å². The predicted molar refractivity (Wildman–Crippen MR) is 72.0 cm³/mol. The van der Waals surface area contributed by atoms with E-state index < -0.39 is 12.2 Å². The molecule has 0 bridgehead atoms. The molecule has 2 rings (SSSR count). The first-order chi connectivity index (χ1) is 8.09. The van der Waals surface area contributed by atoms with Gasteiger partial charge in [-0.2, -0.15) is 13.2 Å². The predicted octanol–water partition coefficient (Wildman–Crippen LogP) is 2.43. The summed E-state index contributed by atoms with van der Waals surface area (Å²) in [6, 6.07) is 1.34. The molecule has 2 heterocycles. The van der Waals surface area contributed by atoms with E-state index in [0.29, 0.717) is 26.2 Å². The Bertz CT molecular complexity index is 356. The first-order valence-corrected chi connectivity index (χ1v) is 5.50. The zero-order chi connectivity index (χ0) is 12.3. The molecular weight excluding hydrogens is 302 g/mol. The second kappa shape index (κ2) is 7.89. The third-order valence-corrected chi connectivity index (χ3v) is 2.85. The minimum atomic E-state index is -4.25. The van der Waals surface area contributed by atoms with E-state index in [1.165, 1.54) is 29.4 Å². The molecule has 19 heavy (non-hydrogen) atoms. The minimum absolute atomic E-state index is 0. The molecule has 0 aliphatic carbocycles. The van der Waals surface area contributed by atoms with Crippen LogP contribution in [0.4, 0.5) is 13.2 Å². The van der Waals surface area contributed by atoms with E-state index in [-0.39, 0.29) is 30.4 Å². The number of hydrogen-bond acceptors (Lipinski definition) is 3. The summed E-state index contributed by atoms with van der Waals surface area (Å²) in [5.74, 6) is 0. The van der Waals surface area contributed by atoms with Gasteiger partial charge in [0.15, 0.2) is 0 Å². The van der Waals surface area contributed by atoms with Crippen LogP contribution in [-0.2, 0) is 0 Å². The number of piperazine rings is 1. The number of nitrogens with zero attached hydrogens (tertiary/aromatic N) is 2. The van der Waals surface area contributed by atoms with Gasteiger partial charge in [-0.05, 0) is 17.7 Å². The van der Waals surface area contributed by atoms with Gasteiger partial charge < -0.3 is 5.32 Å². The van der Waals surface area contributed by atoms with Gasteiger partial charge in [-0.15, -0.1) is 24.8 Å². The van der Waals surface area contributed by atoms with Crippen LogP contribution in [0.3, 0.4) is 0 Å². The molecule has 1 fully saturated rings. The molecule has 1 aliphatic rings. The Labute approximate surface area is 122 Å². The van der Waals surface area contributed by atoms with Gasteiger partial charge in [0, 0.05) is 38.6 Å².